The largest absolute Gasteiger partial charge is 0.394 e. The Labute approximate surface area is 219 Å². The maximum absolute atomic E-state index is 14.3. The lowest BCUT2D eigenvalue weighted by molar-refractivity contribution is -0.151. The topological polar surface area (TPSA) is 90.4 Å². The predicted molar refractivity (Wildman–Crippen MR) is 140 cm³/mol. The zero-order chi connectivity index (χ0) is 26.7. The number of likely N-dealkylation sites (N-methyl/N-ethyl adjacent to an activating group) is 1. The molecule has 37 heavy (non-hydrogen) atoms. The third kappa shape index (κ3) is 4.50. The van der Waals surface area contributed by atoms with E-state index in [1.165, 1.54) is 4.90 Å². The van der Waals surface area contributed by atoms with Crippen molar-refractivity contribution in [1.82, 2.24) is 14.7 Å². The van der Waals surface area contributed by atoms with E-state index < -0.39 is 35.6 Å². The second kappa shape index (κ2) is 11.2. The minimum atomic E-state index is -1.11. The van der Waals surface area contributed by atoms with Gasteiger partial charge in [-0.2, -0.15) is 0 Å². The van der Waals surface area contributed by atoms with Crippen molar-refractivity contribution in [2.24, 2.45) is 11.8 Å². The monoisotopic (exact) mass is 509 g/mol. The van der Waals surface area contributed by atoms with Crippen molar-refractivity contribution in [3.63, 3.8) is 0 Å². The first-order valence-corrected chi connectivity index (χ1v) is 13.3. The molecule has 8 heteroatoms. The van der Waals surface area contributed by atoms with E-state index in [-0.39, 0.29) is 24.3 Å². The van der Waals surface area contributed by atoms with Crippen molar-refractivity contribution in [1.29, 1.82) is 0 Å². The average Bonchev–Trinajstić information content (AvgIpc) is 3.55. The number of hydrogen-bond acceptors (Lipinski definition) is 5. The lowest BCUT2D eigenvalue weighted by Crippen LogP contribution is -2.57. The van der Waals surface area contributed by atoms with Crippen LogP contribution in [0, 0.1) is 11.8 Å². The Morgan fingerprint density at radius 2 is 1.92 bits per heavy atom. The Balaban J connectivity index is 1.81. The molecule has 6 atom stereocenters. The summed E-state index contributed by atoms with van der Waals surface area (Å²) in [7, 11) is 1.69. The van der Waals surface area contributed by atoms with Gasteiger partial charge in [-0.25, -0.2) is 0 Å². The van der Waals surface area contributed by atoms with E-state index in [2.05, 4.69) is 20.1 Å². The van der Waals surface area contributed by atoms with Crippen LogP contribution in [-0.4, -0.2) is 88.6 Å². The summed E-state index contributed by atoms with van der Waals surface area (Å²) in [6.45, 7) is 10.5. The molecule has 0 radical (unpaired) electrons. The van der Waals surface area contributed by atoms with Crippen LogP contribution in [0.5, 0.6) is 0 Å². The summed E-state index contributed by atoms with van der Waals surface area (Å²) in [6.07, 6.45) is 5.76. The van der Waals surface area contributed by atoms with Crippen LogP contribution in [0.15, 0.2) is 55.6 Å². The summed E-state index contributed by atoms with van der Waals surface area (Å²) in [4.78, 5) is 47.0. The number of hydrogen-bond donors (Lipinski definition) is 1. The Bertz CT molecular complexity index is 1030. The fourth-order valence-electron chi connectivity index (χ4n) is 6.52. The van der Waals surface area contributed by atoms with E-state index in [1.54, 1.807) is 29.0 Å². The molecule has 1 aromatic rings. The molecule has 3 fully saturated rings. The molecule has 1 aromatic carbocycles. The third-order valence-corrected chi connectivity index (χ3v) is 8.17. The number of fused-ring (bicyclic) bond motifs is 1. The summed E-state index contributed by atoms with van der Waals surface area (Å²) in [6, 6.07) is 7.58. The first kappa shape index (κ1) is 27.1. The highest BCUT2D eigenvalue weighted by Gasteiger charge is 2.75. The minimum Gasteiger partial charge on any atom is -0.394 e. The molecule has 2 bridgehead atoms. The first-order valence-electron chi connectivity index (χ1n) is 13.3. The third-order valence-electron chi connectivity index (χ3n) is 8.17. The highest BCUT2D eigenvalue weighted by atomic mass is 16.5. The van der Waals surface area contributed by atoms with Crippen LogP contribution in [0.1, 0.15) is 44.2 Å². The molecule has 200 valence electrons. The lowest BCUT2D eigenvalue weighted by Gasteiger charge is -2.39. The van der Waals surface area contributed by atoms with Gasteiger partial charge in [0.1, 0.15) is 11.6 Å². The number of aliphatic hydroxyl groups excluding tert-OH is 1. The number of likely N-dealkylation sites (tertiary alicyclic amines) is 1. The van der Waals surface area contributed by atoms with E-state index >= 15 is 0 Å². The molecular weight excluding hydrogens is 470 g/mol. The molecule has 0 saturated carbocycles. The maximum atomic E-state index is 14.3. The molecule has 3 saturated heterocycles. The second-order valence-corrected chi connectivity index (χ2v) is 10.3. The summed E-state index contributed by atoms with van der Waals surface area (Å²) in [5.41, 5.74) is -0.375. The number of nitrogens with zero attached hydrogens (tertiary/aromatic N) is 3. The number of aliphatic hydroxyl groups is 1. The molecule has 2 unspecified atom stereocenters. The molecule has 1 N–H and O–H groups in total. The van der Waals surface area contributed by atoms with Crippen LogP contribution in [0.3, 0.4) is 0 Å². The Hall–Kier alpha value is -2.97. The van der Waals surface area contributed by atoms with Crippen LogP contribution in [-0.2, 0) is 19.1 Å². The zero-order valence-corrected chi connectivity index (χ0v) is 21.9. The normalized spacial score (nSPS) is 28.6. The van der Waals surface area contributed by atoms with E-state index in [4.69, 9.17) is 4.74 Å². The number of carbonyl (C=O) groups is 3. The second-order valence-electron chi connectivity index (χ2n) is 10.3. The molecule has 3 aliphatic heterocycles. The summed E-state index contributed by atoms with van der Waals surface area (Å²) in [5.74, 6) is -2.15. The standard InChI is InChI=1S/C29H39N3O5/c1-5-8-18-31(17-7-3)28(36)25-29-15-14-22(37-29)23(26(34)30(4)16-6-2)24(29)27(35)32(25)21(19-33)20-12-10-9-11-13-20/h6-7,9-13,21-25,33H,2-3,5,8,14-19H2,1,4H3/t21-,22+,23-,24+,25?,29?/m1/s1. The predicted octanol–water partition coefficient (Wildman–Crippen LogP) is 2.55. The number of rotatable bonds is 12. The van der Waals surface area contributed by atoms with Gasteiger partial charge in [0.15, 0.2) is 0 Å². The molecule has 4 rings (SSSR count). The fraction of sp³-hybridized carbons (Fsp3) is 0.552. The molecule has 1 spiro atoms. The number of carbonyl (C=O) groups excluding carboxylic acids is 3. The van der Waals surface area contributed by atoms with E-state index in [0.29, 0.717) is 32.5 Å². The number of amides is 3. The molecule has 3 aliphatic rings. The van der Waals surface area contributed by atoms with Crippen molar-refractivity contribution in [2.45, 2.75) is 56.4 Å². The molecule has 8 nitrogen and oxygen atoms in total. The Morgan fingerprint density at radius 3 is 2.54 bits per heavy atom. The summed E-state index contributed by atoms with van der Waals surface area (Å²) >= 11 is 0. The Morgan fingerprint density at radius 1 is 1.22 bits per heavy atom. The number of ether oxygens (including phenoxy) is 1. The van der Waals surface area contributed by atoms with Crippen LogP contribution < -0.4 is 0 Å². The molecule has 0 aliphatic carbocycles. The summed E-state index contributed by atoms with van der Waals surface area (Å²) in [5, 5.41) is 10.5. The first-order chi connectivity index (χ1) is 17.9. The van der Waals surface area contributed by atoms with Crippen LogP contribution in [0.25, 0.3) is 0 Å². The van der Waals surface area contributed by atoms with Gasteiger partial charge in [0.05, 0.1) is 30.6 Å². The van der Waals surface area contributed by atoms with Gasteiger partial charge in [0.25, 0.3) is 0 Å². The summed E-state index contributed by atoms with van der Waals surface area (Å²) < 4.78 is 6.55. The minimum absolute atomic E-state index is 0.174. The van der Waals surface area contributed by atoms with Crippen molar-refractivity contribution >= 4 is 17.7 Å². The van der Waals surface area contributed by atoms with Crippen LogP contribution in [0.2, 0.25) is 0 Å². The van der Waals surface area contributed by atoms with Gasteiger partial charge in [-0.1, -0.05) is 55.8 Å². The van der Waals surface area contributed by atoms with Gasteiger partial charge in [0, 0.05) is 26.7 Å². The zero-order valence-electron chi connectivity index (χ0n) is 21.9. The van der Waals surface area contributed by atoms with Gasteiger partial charge in [-0.3, -0.25) is 14.4 Å². The fourth-order valence-corrected chi connectivity index (χ4v) is 6.52. The number of benzene rings is 1. The van der Waals surface area contributed by atoms with Gasteiger partial charge in [-0.05, 0) is 24.8 Å². The van der Waals surface area contributed by atoms with E-state index in [0.717, 1.165) is 18.4 Å². The SMILES string of the molecule is C=CCN(C)C(=O)[C@@H]1[C@@H]2CCC3(O2)C(C(=O)N(CC=C)CCCC)N([C@H](CO)c2ccccc2)C(=O)[C@H]13. The van der Waals surface area contributed by atoms with E-state index in [9.17, 15) is 19.5 Å². The van der Waals surface area contributed by atoms with Crippen molar-refractivity contribution < 1.29 is 24.2 Å². The highest BCUT2D eigenvalue weighted by molar-refractivity contribution is 5.99. The number of unbranched alkanes of at least 4 members (excludes halogenated alkanes) is 1. The lowest BCUT2D eigenvalue weighted by atomic mass is 9.70. The maximum Gasteiger partial charge on any atom is 0.248 e. The molecule has 3 amide bonds. The van der Waals surface area contributed by atoms with Crippen molar-refractivity contribution in [3.05, 3.63) is 61.2 Å². The van der Waals surface area contributed by atoms with Gasteiger partial charge in [-0.15, -0.1) is 13.2 Å². The van der Waals surface area contributed by atoms with Gasteiger partial charge < -0.3 is 24.5 Å². The Kier molecular flexibility index (Phi) is 8.19. The average molecular weight is 510 g/mol. The van der Waals surface area contributed by atoms with Crippen LogP contribution in [0.4, 0.5) is 0 Å². The van der Waals surface area contributed by atoms with E-state index in [1.807, 2.05) is 30.3 Å². The van der Waals surface area contributed by atoms with Crippen LogP contribution >= 0.6 is 0 Å². The molecule has 0 aromatic heterocycles. The van der Waals surface area contributed by atoms with Crippen molar-refractivity contribution in [2.75, 3.05) is 33.3 Å². The molecular formula is C29H39N3O5. The molecule has 3 heterocycles. The quantitative estimate of drug-likeness (QED) is 0.438. The smallest absolute Gasteiger partial charge is 0.248 e. The van der Waals surface area contributed by atoms with Crippen molar-refractivity contribution in [3.8, 4) is 0 Å². The van der Waals surface area contributed by atoms with Gasteiger partial charge >= 0.3 is 0 Å². The van der Waals surface area contributed by atoms with Gasteiger partial charge in [0.2, 0.25) is 17.7 Å². The highest BCUT2D eigenvalue weighted by Crippen LogP contribution is 2.60.